The molecule has 0 bridgehead atoms. The zero-order valence-electron chi connectivity index (χ0n) is 35.4. The van der Waals surface area contributed by atoms with Crippen molar-refractivity contribution in [1.82, 2.24) is 25.6 Å². The summed E-state index contributed by atoms with van der Waals surface area (Å²) in [5.41, 5.74) is 14.5. The van der Waals surface area contributed by atoms with E-state index >= 15 is 0 Å². The number of rotatable bonds is 14. The number of nitrogens with one attached hydrogen (secondary N) is 1. The number of ether oxygens (including phenoxy) is 2. The van der Waals surface area contributed by atoms with Crippen molar-refractivity contribution in [2.24, 2.45) is 5.73 Å². The third-order valence-electron chi connectivity index (χ3n) is 10.9. The van der Waals surface area contributed by atoms with Gasteiger partial charge in [-0.1, -0.05) is 46.7 Å². The van der Waals surface area contributed by atoms with E-state index in [2.05, 4.69) is 42.6 Å². The Morgan fingerprint density at radius 1 is 0.810 bits per heavy atom. The van der Waals surface area contributed by atoms with Gasteiger partial charge in [0.05, 0.1) is 37.1 Å². The molecule has 2 aromatic heterocycles. The van der Waals surface area contributed by atoms with Gasteiger partial charge in [0.25, 0.3) is 11.8 Å². The van der Waals surface area contributed by atoms with Crippen LogP contribution < -0.4 is 20.5 Å². The number of aromatic nitrogens is 4. The van der Waals surface area contributed by atoms with E-state index < -0.39 is 24.9 Å². The Morgan fingerprint density at radius 3 is 1.98 bits per heavy atom. The summed E-state index contributed by atoms with van der Waals surface area (Å²) in [6.45, 7) is 14.5. The van der Waals surface area contributed by atoms with Crippen molar-refractivity contribution in [2.45, 2.75) is 96.0 Å². The molecule has 2 aliphatic carbocycles. The van der Waals surface area contributed by atoms with E-state index in [1.807, 2.05) is 64.1 Å². The Hall–Kier alpha value is -6.50. The zero-order chi connectivity index (χ0) is 44.8. The number of nitriles is 1. The average molecular weight is 855 g/mol. The first-order valence-electron chi connectivity index (χ1n) is 20.8. The molecule has 0 radical (unpaired) electrons. The lowest BCUT2D eigenvalue weighted by molar-refractivity contribution is -0.0755. The van der Waals surface area contributed by atoms with Gasteiger partial charge in [-0.15, -0.1) is 0 Å². The molecule has 0 aliphatic heterocycles. The molecule has 2 heterocycles. The predicted octanol–water partition coefficient (Wildman–Crippen LogP) is 6.40. The van der Waals surface area contributed by atoms with E-state index in [1.165, 1.54) is 5.56 Å². The predicted molar refractivity (Wildman–Crippen MR) is 232 cm³/mol. The second-order valence-electron chi connectivity index (χ2n) is 16.0. The molecule has 5 atom stereocenters. The van der Waals surface area contributed by atoms with Crippen molar-refractivity contribution in [3.05, 3.63) is 112 Å². The maximum Gasteiger partial charge on any atom is 0.258 e. The minimum atomic E-state index is -1.44. The van der Waals surface area contributed by atoms with E-state index in [4.69, 9.17) is 35.9 Å². The Bertz CT molecular complexity index is 2630. The molecular formula is C47H50N8O8. The summed E-state index contributed by atoms with van der Waals surface area (Å²) >= 11 is 0. The van der Waals surface area contributed by atoms with Gasteiger partial charge in [-0.2, -0.15) is 15.2 Å². The van der Waals surface area contributed by atoms with Crippen LogP contribution in [0.1, 0.15) is 80.4 Å². The zero-order valence-corrected chi connectivity index (χ0v) is 35.4. The van der Waals surface area contributed by atoms with Crippen LogP contribution in [0, 0.1) is 17.9 Å². The molecule has 16 heteroatoms. The molecule has 0 spiro atoms. The first kappa shape index (κ1) is 44.6. The Morgan fingerprint density at radius 2 is 1.38 bits per heavy atom. The van der Waals surface area contributed by atoms with Crippen LogP contribution in [0.2, 0.25) is 0 Å². The average Bonchev–Trinajstić information content (AvgIpc) is 4.13. The molecule has 8 rings (SSSR count). The van der Waals surface area contributed by atoms with Crippen LogP contribution in [0.4, 0.5) is 5.69 Å². The van der Waals surface area contributed by atoms with Crippen LogP contribution in [0.5, 0.6) is 11.5 Å². The molecule has 0 amide bonds. The fraction of sp³-hybridized carbons (Fsp3) is 0.362. The van der Waals surface area contributed by atoms with Gasteiger partial charge in [0.1, 0.15) is 29.8 Å². The van der Waals surface area contributed by atoms with Crippen molar-refractivity contribution in [2.75, 3.05) is 13.2 Å². The number of nitrogens with zero attached hydrogens (tertiary/aromatic N) is 6. The number of aliphatic hydroxyl groups excluding tert-OH is 4. The summed E-state index contributed by atoms with van der Waals surface area (Å²) in [7, 11) is 0. The summed E-state index contributed by atoms with van der Waals surface area (Å²) in [6, 6.07) is 24.5. The normalized spacial score (nSPS) is 16.7. The van der Waals surface area contributed by atoms with Crippen LogP contribution in [0.15, 0.2) is 81.8 Å². The largest absolute Gasteiger partial charge is 0.502 e. The van der Waals surface area contributed by atoms with Gasteiger partial charge in [-0.25, -0.2) is 4.85 Å². The third kappa shape index (κ3) is 9.93. The molecule has 7 N–H and O–H groups in total. The van der Waals surface area contributed by atoms with Gasteiger partial charge in [0.15, 0.2) is 0 Å². The lowest BCUT2D eigenvalue weighted by Crippen LogP contribution is -2.45. The highest BCUT2D eigenvalue weighted by atomic mass is 16.5. The quantitative estimate of drug-likeness (QED) is 0.0649. The molecular weight excluding hydrogens is 805 g/mol. The van der Waals surface area contributed by atoms with E-state index in [9.17, 15) is 20.6 Å². The molecule has 16 nitrogen and oxygen atoms in total. The van der Waals surface area contributed by atoms with Crippen LogP contribution in [0.25, 0.3) is 50.5 Å². The van der Waals surface area contributed by atoms with Crippen molar-refractivity contribution in [3.8, 4) is 63.3 Å². The van der Waals surface area contributed by atoms with Crippen LogP contribution in [-0.4, -0.2) is 84.4 Å². The van der Waals surface area contributed by atoms with E-state index in [-0.39, 0.29) is 30.8 Å². The van der Waals surface area contributed by atoms with Crippen molar-refractivity contribution < 1.29 is 38.9 Å². The molecule has 0 saturated carbocycles. The molecule has 0 fully saturated rings. The minimum absolute atomic E-state index is 0.00194. The highest BCUT2D eigenvalue weighted by molar-refractivity contribution is 5.71. The second kappa shape index (κ2) is 19.7. The number of benzene rings is 4. The highest BCUT2D eigenvalue weighted by Crippen LogP contribution is 2.39. The minimum Gasteiger partial charge on any atom is -0.502 e. The van der Waals surface area contributed by atoms with Gasteiger partial charge in [0, 0.05) is 40.9 Å². The van der Waals surface area contributed by atoms with E-state index in [0.717, 1.165) is 53.5 Å². The summed E-state index contributed by atoms with van der Waals surface area (Å²) in [5, 5.41) is 59.6. The van der Waals surface area contributed by atoms with E-state index in [1.54, 1.807) is 30.3 Å². The number of aliphatic hydroxyl groups is 4. The SMILES string of the molecule is CC(C)Oc1ccc(-c2nc(-c3cccc4c3CC[C@@H]4NC[C@@H](O)[C@H](O)[C@H](O)CO)no2)cc1C#N.[C-]#[N+]c1cc(-c2nc(-c3cccc4c3CC[C@@H]4N)no2)ccc1OC(C)C. The third-order valence-corrected chi connectivity index (χ3v) is 10.9. The summed E-state index contributed by atoms with van der Waals surface area (Å²) in [5.74, 6) is 2.71. The molecule has 0 unspecified atom stereocenters. The van der Waals surface area contributed by atoms with Gasteiger partial charge < -0.3 is 50.0 Å². The van der Waals surface area contributed by atoms with E-state index in [0.29, 0.717) is 57.3 Å². The summed E-state index contributed by atoms with van der Waals surface area (Å²) in [6.07, 6.45) is -0.761. The first-order chi connectivity index (χ1) is 30.4. The fourth-order valence-electron chi connectivity index (χ4n) is 7.82. The van der Waals surface area contributed by atoms with Gasteiger partial charge in [-0.3, -0.25) is 0 Å². The second-order valence-corrected chi connectivity index (χ2v) is 16.0. The topological polar surface area (TPSA) is 243 Å². The maximum absolute atomic E-state index is 10.1. The lowest BCUT2D eigenvalue weighted by atomic mass is 10.0. The maximum atomic E-state index is 10.1. The van der Waals surface area contributed by atoms with Gasteiger partial charge in [0.2, 0.25) is 17.3 Å². The molecule has 4 aromatic carbocycles. The first-order valence-corrected chi connectivity index (χ1v) is 20.8. The van der Waals surface area contributed by atoms with Crippen molar-refractivity contribution in [3.63, 3.8) is 0 Å². The smallest absolute Gasteiger partial charge is 0.258 e. The molecule has 326 valence electrons. The van der Waals surface area contributed by atoms with Crippen LogP contribution in [-0.2, 0) is 12.8 Å². The Kier molecular flexibility index (Phi) is 13.9. The Labute approximate surface area is 364 Å². The number of fused-ring (bicyclic) bond motifs is 2. The monoisotopic (exact) mass is 854 g/mol. The Balaban J connectivity index is 0.000000196. The van der Waals surface area contributed by atoms with Gasteiger partial charge in [-0.05, 0) is 112 Å². The van der Waals surface area contributed by atoms with Crippen LogP contribution >= 0.6 is 0 Å². The molecule has 63 heavy (non-hydrogen) atoms. The van der Waals surface area contributed by atoms with Crippen molar-refractivity contribution in [1.29, 1.82) is 5.26 Å². The van der Waals surface area contributed by atoms with Crippen LogP contribution in [0.3, 0.4) is 0 Å². The van der Waals surface area contributed by atoms with Gasteiger partial charge >= 0.3 is 0 Å². The highest BCUT2D eigenvalue weighted by Gasteiger charge is 2.30. The molecule has 6 aromatic rings. The number of hydrogen-bond acceptors (Lipinski definition) is 15. The summed E-state index contributed by atoms with van der Waals surface area (Å²) in [4.78, 5) is 12.7. The standard InChI is InChI=1S/C26H30N4O6.C21H20N4O2/c1-14(2)35-23-9-6-15(10-16(23)11-27)26-29-25(30-36-26)19-5-3-4-18-17(19)7-8-20(18)28-12-21(32)24(34)22(33)13-31;1-12(2)26-19-10-7-13(11-18(19)23-3)21-24-20(25-27-21)16-6-4-5-15-14(16)8-9-17(15)22/h3-6,9-10,14,20-22,24,28,31-34H,7-8,12-13H2,1-2H3;4-7,10-12,17H,8-9,22H2,1-2H3/t20-,21+,22+,24-;17-/m00/s1. The number of hydrogen-bond donors (Lipinski definition) is 6. The van der Waals surface area contributed by atoms with Crippen molar-refractivity contribution >= 4 is 5.69 Å². The summed E-state index contributed by atoms with van der Waals surface area (Å²) < 4.78 is 22.3. The fourth-order valence-corrected chi connectivity index (χ4v) is 7.82. The lowest BCUT2D eigenvalue weighted by Gasteiger charge is -2.23. The molecule has 2 aliphatic rings. The number of nitrogens with two attached hydrogens (primary N) is 1. The molecule has 0 saturated heterocycles.